The van der Waals surface area contributed by atoms with E-state index in [-0.39, 0.29) is 6.61 Å². The Kier molecular flexibility index (Phi) is 5.02. The van der Waals surface area contributed by atoms with Crippen molar-refractivity contribution in [3.05, 3.63) is 45.2 Å². The molecule has 0 radical (unpaired) electrons. The van der Waals surface area contributed by atoms with Crippen molar-refractivity contribution in [1.82, 2.24) is 15.0 Å². The molecule has 6 heteroatoms. The zero-order valence-electron chi connectivity index (χ0n) is 11.5. The van der Waals surface area contributed by atoms with Crippen LogP contribution in [-0.2, 0) is 19.6 Å². The van der Waals surface area contributed by atoms with Crippen LogP contribution < -0.4 is 0 Å². The minimum absolute atomic E-state index is 0.101. The number of benzene rings is 1. The number of hydrogen-bond donors (Lipinski definition) is 1. The van der Waals surface area contributed by atoms with E-state index < -0.39 is 0 Å². The number of rotatable bonds is 5. The van der Waals surface area contributed by atoms with Gasteiger partial charge in [-0.1, -0.05) is 48.3 Å². The second-order valence-electron chi connectivity index (χ2n) is 5.13. The molecule has 1 aromatic carbocycles. The molecule has 0 unspecified atom stereocenters. The highest BCUT2D eigenvalue weighted by Crippen LogP contribution is 2.22. The minimum atomic E-state index is -0.101. The topological polar surface area (TPSA) is 50.9 Å². The van der Waals surface area contributed by atoms with Crippen LogP contribution >= 0.6 is 23.2 Å². The summed E-state index contributed by atoms with van der Waals surface area (Å²) in [5.41, 5.74) is 2.51. The Morgan fingerprint density at radius 3 is 2.65 bits per heavy atom. The molecule has 1 heterocycles. The zero-order valence-corrected chi connectivity index (χ0v) is 13.0. The molecule has 0 atom stereocenters. The average molecular weight is 314 g/mol. The third-order valence-electron chi connectivity index (χ3n) is 3.00. The van der Waals surface area contributed by atoms with E-state index in [9.17, 15) is 5.11 Å². The maximum absolute atomic E-state index is 9.34. The molecule has 1 N–H and O–H groups in total. The SMILES string of the molecule is CC(C)Cc1c(CO)nnn1Cc1ccc(Cl)cc1Cl. The molecule has 0 spiro atoms. The van der Waals surface area contributed by atoms with Crippen molar-refractivity contribution in [2.24, 2.45) is 5.92 Å². The summed E-state index contributed by atoms with van der Waals surface area (Å²) in [6, 6.07) is 5.39. The van der Waals surface area contributed by atoms with E-state index in [1.165, 1.54) is 0 Å². The third-order valence-corrected chi connectivity index (χ3v) is 3.59. The van der Waals surface area contributed by atoms with E-state index in [0.717, 1.165) is 17.7 Å². The lowest BCUT2D eigenvalue weighted by molar-refractivity contribution is 0.275. The molecule has 2 rings (SSSR count). The minimum Gasteiger partial charge on any atom is -0.390 e. The van der Waals surface area contributed by atoms with Crippen LogP contribution in [0.15, 0.2) is 18.2 Å². The summed E-state index contributed by atoms with van der Waals surface area (Å²) in [6.45, 7) is 4.66. The Hall–Kier alpha value is -1.10. The first-order chi connectivity index (χ1) is 9.51. The lowest BCUT2D eigenvalue weighted by Crippen LogP contribution is -2.10. The predicted octanol–water partition coefficient (Wildman–Crippen LogP) is 3.32. The van der Waals surface area contributed by atoms with E-state index in [1.54, 1.807) is 16.8 Å². The maximum Gasteiger partial charge on any atom is 0.111 e. The highest BCUT2D eigenvalue weighted by Gasteiger charge is 2.14. The van der Waals surface area contributed by atoms with Crippen LogP contribution in [0.5, 0.6) is 0 Å². The second-order valence-corrected chi connectivity index (χ2v) is 5.98. The highest BCUT2D eigenvalue weighted by atomic mass is 35.5. The summed E-state index contributed by atoms with van der Waals surface area (Å²) in [4.78, 5) is 0. The van der Waals surface area contributed by atoms with Gasteiger partial charge in [-0.2, -0.15) is 0 Å². The van der Waals surface area contributed by atoms with E-state index in [2.05, 4.69) is 24.2 Å². The average Bonchev–Trinajstić information content (AvgIpc) is 2.74. The van der Waals surface area contributed by atoms with Gasteiger partial charge in [0.25, 0.3) is 0 Å². The number of aromatic nitrogens is 3. The lowest BCUT2D eigenvalue weighted by Gasteiger charge is -2.11. The van der Waals surface area contributed by atoms with Gasteiger partial charge in [0.1, 0.15) is 5.69 Å². The van der Waals surface area contributed by atoms with Gasteiger partial charge in [-0.05, 0) is 30.0 Å². The maximum atomic E-state index is 9.34. The summed E-state index contributed by atoms with van der Waals surface area (Å²) < 4.78 is 1.79. The summed E-state index contributed by atoms with van der Waals surface area (Å²) >= 11 is 12.1. The molecule has 0 fully saturated rings. The second kappa shape index (κ2) is 6.57. The van der Waals surface area contributed by atoms with Crippen molar-refractivity contribution in [3.63, 3.8) is 0 Å². The van der Waals surface area contributed by atoms with Crippen LogP contribution in [0.2, 0.25) is 10.0 Å². The Bertz CT molecular complexity index is 596. The fourth-order valence-electron chi connectivity index (χ4n) is 2.04. The Balaban J connectivity index is 2.30. The Labute approximate surface area is 128 Å². The van der Waals surface area contributed by atoms with Gasteiger partial charge in [0.2, 0.25) is 0 Å². The van der Waals surface area contributed by atoms with Crippen LogP contribution in [0, 0.1) is 5.92 Å². The molecule has 0 aliphatic carbocycles. The first kappa shape index (κ1) is 15.3. The van der Waals surface area contributed by atoms with Gasteiger partial charge in [-0.3, -0.25) is 0 Å². The molecule has 0 saturated heterocycles. The van der Waals surface area contributed by atoms with Crippen molar-refractivity contribution in [2.75, 3.05) is 0 Å². The van der Waals surface area contributed by atoms with Gasteiger partial charge in [0, 0.05) is 10.0 Å². The van der Waals surface area contributed by atoms with Gasteiger partial charge >= 0.3 is 0 Å². The fraction of sp³-hybridized carbons (Fsp3) is 0.429. The fourth-order valence-corrected chi connectivity index (χ4v) is 2.51. The summed E-state index contributed by atoms with van der Waals surface area (Å²) in [5, 5.41) is 18.7. The number of hydrogen-bond acceptors (Lipinski definition) is 3. The van der Waals surface area contributed by atoms with E-state index in [0.29, 0.717) is 28.2 Å². The smallest absolute Gasteiger partial charge is 0.111 e. The first-order valence-electron chi connectivity index (χ1n) is 6.47. The molecular formula is C14H17Cl2N3O. The number of aliphatic hydroxyl groups excluding tert-OH is 1. The van der Waals surface area contributed by atoms with Crippen LogP contribution in [-0.4, -0.2) is 20.1 Å². The number of aliphatic hydroxyl groups is 1. The van der Waals surface area contributed by atoms with Crippen LogP contribution in [0.25, 0.3) is 0 Å². The molecule has 0 bridgehead atoms. The molecule has 4 nitrogen and oxygen atoms in total. The van der Waals surface area contributed by atoms with E-state index >= 15 is 0 Å². The van der Waals surface area contributed by atoms with E-state index in [4.69, 9.17) is 23.2 Å². The lowest BCUT2D eigenvalue weighted by atomic mass is 10.1. The summed E-state index contributed by atoms with van der Waals surface area (Å²) in [5.74, 6) is 0.457. The van der Waals surface area contributed by atoms with Gasteiger partial charge in [0.15, 0.2) is 0 Å². The molecule has 0 aliphatic rings. The molecule has 2 aromatic rings. The normalized spacial score (nSPS) is 11.3. The quantitative estimate of drug-likeness (QED) is 0.921. The monoisotopic (exact) mass is 313 g/mol. The standard InChI is InChI=1S/C14H17Cl2N3O/c1-9(2)5-14-13(8-20)17-18-19(14)7-10-3-4-11(15)6-12(10)16/h3-4,6,9,20H,5,7-8H2,1-2H3. The molecular weight excluding hydrogens is 297 g/mol. The third kappa shape index (κ3) is 3.51. The highest BCUT2D eigenvalue weighted by molar-refractivity contribution is 6.35. The van der Waals surface area contributed by atoms with Gasteiger partial charge in [0.05, 0.1) is 18.8 Å². The van der Waals surface area contributed by atoms with E-state index in [1.807, 2.05) is 6.07 Å². The Morgan fingerprint density at radius 2 is 2.05 bits per heavy atom. The molecule has 1 aromatic heterocycles. The zero-order chi connectivity index (χ0) is 14.7. The van der Waals surface area contributed by atoms with Gasteiger partial charge < -0.3 is 5.11 Å². The molecule has 0 aliphatic heterocycles. The van der Waals surface area contributed by atoms with Crippen molar-refractivity contribution in [1.29, 1.82) is 0 Å². The van der Waals surface area contributed by atoms with Crippen LogP contribution in [0.4, 0.5) is 0 Å². The van der Waals surface area contributed by atoms with Crippen molar-refractivity contribution < 1.29 is 5.11 Å². The predicted molar refractivity (Wildman–Crippen MR) is 80.1 cm³/mol. The molecule has 20 heavy (non-hydrogen) atoms. The van der Waals surface area contributed by atoms with Crippen LogP contribution in [0.3, 0.4) is 0 Å². The van der Waals surface area contributed by atoms with Crippen molar-refractivity contribution in [3.8, 4) is 0 Å². The number of halogens is 2. The molecule has 0 saturated carbocycles. The molecule has 108 valence electrons. The van der Waals surface area contributed by atoms with Gasteiger partial charge in [-0.25, -0.2) is 4.68 Å². The first-order valence-corrected chi connectivity index (χ1v) is 7.23. The largest absolute Gasteiger partial charge is 0.390 e. The Morgan fingerprint density at radius 1 is 1.30 bits per heavy atom. The number of nitrogens with zero attached hydrogens (tertiary/aromatic N) is 3. The van der Waals surface area contributed by atoms with Gasteiger partial charge in [-0.15, -0.1) is 5.10 Å². The van der Waals surface area contributed by atoms with Crippen LogP contribution in [0.1, 0.15) is 30.8 Å². The summed E-state index contributed by atoms with van der Waals surface area (Å²) in [7, 11) is 0. The summed E-state index contributed by atoms with van der Waals surface area (Å²) in [6.07, 6.45) is 0.814. The molecule has 0 amide bonds. The van der Waals surface area contributed by atoms with Crippen molar-refractivity contribution >= 4 is 23.2 Å². The van der Waals surface area contributed by atoms with Crippen molar-refractivity contribution in [2.45, 2.75) is 33.4 Å².